The topological polar surface area (TPSA) is 20.2 Å². The zero-order valence-corrected chi connectivity index (χ0v) is 10.7. The first-order chi connectivity index (χ1) is 7.68. The predicted octanol–water partition coefficient (Wildman–Crippen LogP) is 4.18. The van der Waals surface area contributed by atoms with E-state index in [9.17, 15) is 5.11 Å². The van der Waals surface area contributed by atoms with Crippen LogP contribution in [0, 0.1) is 0 Å². The second-order valence-corrected chi connectivity index (χ2v) is 4.77. The minimum atomic E-state index is -0.658. The molecule has 0 saturated heterocycles. The third kappa shape index (κ3) is 2.46. The molecule has 1 atom stereocenters. The molecule has 2 aromatic rings. The van der Waals surface area contributed by atoms with Crippen LogP contribution in [0.2, 0.25) is 5.02 Å². The molecule has 0 amide bonds. The molecular weight excluding hydrogens is 287 g/mol. The van der Waals surface area contributed by atoms with Crippen LogP contribution in [0.5, 0.6) is 0 Å². The van der Waals surface area contributed by atoms with Crippen molar-refractivity contribution in [3.05, 3.63) is 69.2 Å². The zero-order chi connectivity index (χ0) is 11.5. The summed E-state index contributed by atoms with van der Waals surface area (Å²) in [5.74, 6) is 0. The average Bonchev–Trinajstić information content (AvgIpc) is 2.32. The van der Waals surface area contributed by atoms with E-state index in [1.54, 1.807) is 12.1 Å². The van der Waals surface area contributed by atoms with Gasteiger partial charge in [0.2, 0.25) is 0 Å². The van der Waals surface area contributed by atoms with Crippen LogP contribution in [0.4, 0.5) is 0 Å². The fraction of sp³-hybridized carbons (Fsp3) is 0.0769. The molecule has 1 N–H and O–H groups in total. The maximum absolute atomic E-state index is 10.2. The Labute approximate surface area is 108 Å². The highest BCUT2D eigenvalue weighted by Crippen LogP contribution is 2.30. The summed E-state index contributed by atoms with van der Waals surface area (Å²) in [4.78, 5) is 0. The van der Waals surface area contributed by atoms with E-state index in [1.807, 2.05) is 36.4 Å². The molecule has 0 bridgehead atoms. The van der Waals surface area contributed by atoms with Gasteiger partial charge in [-0.1, -0.05) is 57.9 Å². The van der Waals surface area contributed by atoms with Crippen LogP contribution in [-0.2, 0) is 0 Å². The molecule has 0 aliphatic rings. The Morgan fingerprint density at radius 3 is 2.44 bits per heavy atom. The molecule has 0 saturated carbocycles. The first kappa shape index (κ1) is 11.6. The largest absolute Gasteiger partial charge is 0.384 e. The van der Waals surface area contributed by atoms with Crippen LogP contribution in [0.3, 0.4) is 0 Å². The maximum Gasteiger partial charge on any atom is 0.105 e. The number of halogens is 2. The van der Waals surface area contributed by atoms with E-state index in [0.717, 1.165) is 15.6 Å². The van der Waals surface area contributed by atoms with Crippen molar-refractivity contribution in [3.63, 3.8) is 0 Å². The van der Waals surface area contributed by atoms with Gasteiger partial charge < -0.3 is 5.11 Å². The van der Waals surface area contributed by atoms with Crippen molar-refractivity contribution in [2.24, 2.45) is 0 Å². The molecule has 2 aromatic carbocycles. The third-order valence-corrected chi connectivity index (χ3v) is 3.33. The number of hydrogen-bond acceptors (Lipinski definition) is 1. The van der Waals surface area contributed by atoms with Crippen LogP contribution >= 0.6 is 27.5 Å². The Morgan fingerprint density at radius 1 is 1.06 bits per heavy atom. The van der Waals surface area contributed by atoms with Crippen molar-refractivity contribution in [2.45, 2.75) is 6.10 Å². The van der Waals surface area contributed by atoms with Crippen molar-refractivity contribution in [1.82, 2.24) is 0 Å². The lowest BCUT2D eigenvalue weighted by molar-refractivity contribution is 0.219. The Hall–Kier alpha value is -0.830. The normalized spacial score (nSPS) is 12.4. The van der Waals surface area contributed by atoms with Gasteiger partial charge in [-0.05, 0) is 23.8 Å². The van der Waals surface area contributed by atoms with Crippen LogP contribution in [0.1, 0.15) is 17.2 Å². The second kappa shape index (κ2) is 5.00. The standard InChI is InChI=1S/C13H10BrClO/c14-12-7-6-10(15)8-11(12)13(16)9-4-2-1-3-5-9/h1-8,13,16H. The van der Waals surface area contributed by atoms with E-state index in [2.05, 4.69) is 15.9 Å². The van der Waals surface area contributed by atoms with E-state index in [1.165, 1.54) is 0 Å². The van der Waals surface area contributed by atoms with Gasteiger partial charge in [0.25, 0.3) is 0 Å². The smallest absolute Gasteiger partial charge is 0.105 e. The maximum atomic E-state index is 10.2. The summed E-state index contributed by atoms with van der Waals surface area (Å²) in [7, 11) is 0. The van der Waals surface area contributed by atoms with Crippen LogP contribution in [0.25, 0.3) is 0 Å². The lowest BCUT2D eigenvalue weighted by atomic mass is 10.0. The molecule has 0 fully saturated rings. The summed E-state index contributed by atoms with van der Waals surface area (Å²) in [6.07, 6.45) is -0.658. The molecule has 82 valence electrons. The van der Waals surface area contributed by atoms with Crippen molar-refractivity contribution >= 4 is 27.5 Å². The Bertz CT molecular complexity index is 485. The predicted molar refractivity (Wildman–Crippen MR) is 69.7 cm³/mol. The molecule has 1 nitrogen and oxygen atoms in total. The van der Waals surface area contributed by atoms with Crippen molar-refractivity contribution in [1.29, 1.82) is 0 Å². The summed E-state index contributed by atoms with van der Waals surface area (Å²) in [6, 6.07) is 14.9. The molecule has 1 unspecified atom stereocenters. The Balaban J connectivity index is 2.41. The summed E-state index contributed by atoms with van der Waals surface area (Å²) in [6.45, 7) is 0. The van der Waals surface area contributed by atoms with Gasteiger partial charge in [-0.3, -0.25) is 0 Å². The summed E-state index contributed by atoms with van der Waals surface area (Å²) in [5, 5.41) is 10.8. The lowest BCUT2D eigenvalue weighted by Gasteiger charge is -2.13. The minimum absolute atomic E-state index is 0.619. The molecule has 0 aliphatic carbocycles. The first-order valence-corrected chi connectivity index (χ1v) is 6.03. The third-order valence-electron chi connectivity index (χ3n) is 2.37. The quantitative estimate of drug-likeness (QED) is 0.881. The van der Waals surface area contributed by atoms with Crippen LogP contribution < -0.4 is 0 Å². The zero-order valence-electron chi connectivity index (χ0n) is 8.40. The molecule has 3 heteroatoms. The van der Waals surface area contributed by atoms with Gasteiger partial charge in [0.1, 0.15) is 6.10 Å². The van der Waals surface area contributed by atoms with Gasteiger partial charge in [-0.25, -0.2) is 0 Å². The molecule has 0 heterocycles. The van der Waals surface area contributed by atoms with Crippen LogP contribution in [0.15, 0.2) is 53.0 Å². The number of rotatable bonds is 2. The van der Waals surface area contributed by atoms with Crippen LogP contribution in [-0.4, -0.2) is 5.11 Å². The fourth-order valence-electron chi connectivity index (χ4n) is 1.54. The van der Waals surface area contributed by atoms with E-state index >= 15 is 0 Å². The Kier molecular flexibility index (Phi) is 3.64. The molecule has 16 heavy (non-hydrogen) atoms. The first-order valence-electron chi connectivity index (χ1n) is 4.86. The van der Waals surface area contributed by atoms with Crippen molar-refractivity contribution in [3.8, 4) is 0 Å². The minimum Gasteiger partial charge on any atom is -0.384 e. The average molecular weight is 298 g/mol. The number of hydrogen-bond donors (Lipinski definition) is 1. The van der Waals surface area contributed by atoms with Crippen molar-refractivity contribution in [2.75, 3.05) is 0 Å². The highest BCUT2D eigenvalue weighted by Gasteiger charge is 2.13. The molecule has 0 aliphatic heterocycles. The van der Waals surface area contributed by atoms with E-state index in [0.29, 0.717) is 5.02 Å². The summed E-state index contributed by atoms with van der Waals surface area (Å²) in [5.41, 5.74) is 1.63. The van der Waals surface area contributed by atoms with Gasteiger partial charge in [0, 0.05) is 15.1 Å². The van der Waals surface area contributed by atoms with E-state index in [4.69, 9.17) is 11.6 Å². The Morgan fingerprint density at radius 2 is 1.75 bits per heavy atom. The van der Waals surface area contributed by atoms with Crippen molar-refractivity contribution < 1.29 is 5.11 Å². The number of aliphatic hydroxyl groups excluding tert-OH is 1. The highest BCUT2D eigenvalue weighted by molar-refractivity contribution is 9.10. The molecular formula is C13H10BrClO. The number of benzene rings is 2. The summed E-state index contributed by atoms with van der Waals surface area (Å²) >= 11 is 9.33. The van der Waals surface area contributed by atoms with E-state index < -0.39 is 6.10 Å². The van der Waals surface area contributed by atoms with E-state index in [-0.39, 0.29) is 0 Å². The summed E-state index contributed by atoms with van der Waals surface area (Å²) < 4.78 is 0.855. The SMILES string of the molecule is OC(c1ccccc1)c1cc(Cl)ccc1Br. The number of aliphatic hydroxyl groups is 1. The molecule has 0 aromatic heterocycles. The lowest BCUT2D eigenvalue weighted by Crippen LogP contribution is -2.00. The fourth-order valence-corrected chi connectivity index (χ4v) is 2.18. The van der Waals surface area contributed by atoms with Gasteiger partial charge in [0.15, 0.2) is 0 Å². The second-order valence-electron chi connectivity index (χ2n) is 3.48. The van der Waals surface area contributed by atoms with Gasteiger partial charge in [-0.2, -0.15) is 0 Å². The molecule has 0 spiro atoms. The monoisotopic (exact) mass is 296 g/mol. The van der Waals surface area contributed by atoms with Gasteiger partial charge >= 0.3 is 0 Å². The molecule has 0 radical (unpaired) electrons. The van der Waals surface area contributed by atoms with Gasteiger partial charge in [-0.15, -0.1) is 0 Å². The molecule has 2 rings (SSSR count). The highest BCUT2D eigenvalue weighted by atomic mass is 79.9. The van der Waals surface area contributed by atoms with Gasteiger partial charge in [0.05, 0.1) is 0 Å².